The van der Waals surface area contributed by atoms with Crippen molar-refractivity contribution in [1.29, 1.82) is 0 Å². The number of benzene rings is 1. The number of aryl methyl sites for hydroxylation is 1. The zero-order chi connectivity index (χ0) is 17.9. The first-order chi connectivity index (χ1) is 12.7. The van der Waals surface area contributed by atoms with E-state index >= 15 is 0 Å². The van der Waals surface area contributed by atoms with E-state index in [9.17, 15) is 4.79 Å². The molecule has 1 unspecified atom stereocenters. The molecule has 0 radical (unpaired) electrons. The van der Waals surface area contributed by atoms with E-state index in [1.54, 1.807) is 0 Å². The van der Waals surface area contributed by atoms with Crippen molar-refractivity contribution in [2.45, 2.75) is 44.7 Å². The highest BCUT2D eigenvalue weighted by Crippen LogP contribution is 2.29. The molecule has 2 amide bonds. The van der Waals surface area contributed by atoms with Crippen molar-refractivity contribution in [3.8, 4) is 0 Å². The predicted molar refractivity (Wildman–Crippen MR) is 102 cm³/mol. The lowest BCUT2D eigenvalue weighted by atomic mass is 9.93. The SMILES string of the molecule is Cn1ncc2c1CCCC2NC(=O)NCc1ccc(N2CCCC2)cc1. The third-order valence-corrected chi connectivity index (χ3v) is 5.54. The molecule has 2 aliphatic rings. The van der Waals surface area contributed by atoms with E-state index in [0.29, 0.717) is 6.54 Å². The maximum Gasteiger partial charge on any atom is 0.315 e. The van der Waals surface area contributed by atoms with Crippen molar-refractivity contribution in [2.75, 3.05) is 18.0 Å². The smallest absolute Gasteiger partial charge is 0.315 e. The van der Waals surface area contributed by atoms with Gasteiger partial charge in [0.05, 0.1) is 12.2 Å². The summed E-state index contributed by atoms with van der Waals surface area (Å²) in [5, 5.41) is 10.4. The number of nitrogens with one attached hydrogen (secondary N) is 2. The Morgan fingerprint density at radius 3 is 2.73 bits per heavy atom. The van der Waals surface area contributed by atoms with E-state index in [1.165, 1.54) is 24.2 Å². The Morgan fingerprint density at radius 1 is 1.19 bits per heavy atom. The van der Waals surface area contributed by atoms with Crippen LogP contribution in [-0.2, 0) is 20.0 Å². The molecule has 1 aliphatic heterocycles. The van der Waals surface area contributed by atoms with Crippen LogP contribution in [0.5, 0.6) is 0 Å². The summed E-state index contributed by atoms with van der Waals surface area (Å²) >= 11 is 0. The van der Waals surface area contributed by atoms with Crippen LogP contribution in [0.4, 0.5) is 10.5 Å². The number of fused-ring (bicyclic) bond motifs is 1. The Kier molecular flexibility index (Phi) is 4.82. The second kappa shape index (κ2) is 7.40. The number of carbonyl (C=O) groups is 1. The number of aromatic nitrogens is 2. The molecule has 1 fully saturated rings. The second-order valence-electron chi connectivity index (χ2n) is 7.30. The molecule has 0 bridgehead atoms. The number of nitrogens with zero attached hydrogens (tertiary/aromatic N) is 3. The van der Waals surface area contributed by atoms with Crippen molar-refractivity contribution < 1.29 is 4.79 Å². The molecule has 2 N–H and O–H groups in total. The molecule has 0 saturated carbocycles. The molecule has 1 aromatic carbocycles. The summed E-state index contributed by atoms with van der Waals surface area (Å²) in [6.07, 6.45) is 7.53. The number of hydrogen-bond donors (Lipinski definition) is 2. The summed E-state index contributed by atoms with van der Waals surface area (Å²) in [6, 6.07) is 8.47. The molecule has 1 aliphatic carbocycles. The van der Waals surface area contributed by atoms with Crippen LogP contribution in [0.25, 0.3) is 0 Å². The molecule has 1 aromatic heterocycles. The predicted octanol–water partition coefficient (Wildman–Crippen LogP) is 2.90. The van der Waals surface area contributed by atoms with Gasteiger partial charge in [0, 0.05) is 43.6 Å². The molecule has 0 spiro atoms. The van der Waals surface area contributed by atoms with Gasteiger partial charge >= 0.3 is 6.03 Å². The number of urea groups is 1. The average molecular weight is 353 g/mol. The van der Waals surface area contributed by atoms with Gasteiger partial charge in [0.15, 0.2) is 0 Å². The van der Waals surface area contributed by atoms with Crippen LogP contribution in [0.3, 0.4) is 0 Å². The first-order valence-corrected chi connectivity index (χ1v) is 9.60. The van der Waals surface area contributed by atoms with Crippen molar-refractivity contribution >= 4 is 11.7 Å². The molecule has 6 heteroatoms. The van der Waals surface area contributed by atoms with Gasteiger partial charge in [0.1, 0.15) is 0 Å². The number of hydrogen-bond acceptors (Lipinski definition) is 3. The standard InChI is InChI=1S/C20H27N5O/c1-24-19-6-4-5-18(17(19)14-22-24)23-20(26)21-13-15-7-9-16(10-8-15)25-11-2-3-12-25/h7-10,14,18H,2-6,11-13H2,1H3,(H2,21,23,26). The normalized spacial score (nSPS) is 19.3. The van der Waals surface area contributed by atoms with Crippen molar-refractivity contribution in [3.05, 3.63) is 47.3 Å². The number of anilines is 1. The van der Waals surface area contributed by atoms with Crippen LogP contribution < -0.4 is 15.5 Å². The lowest BCUT2D eigenvalue weighted by Gasteiger charge is -2.24. The molecule has 2 heterocycles. The topological polar surface area (TPSA) is 62.2 Å². The third-order valence-electron chi connectivity index (χ3n) is 5.54. The van der Waals surface area contributed by atoms with E-state index in [4.69, 9.17) is 0 Å². The highest BCUT2D eigenvalue weighted by Gasteiger charge is 2.24. The van der Waals surface area contributed by atoms with E-state index in [2.05, 4.69) is 44.9 Å². The fourth-order valence-electron chi connectivity index (χ4n) is 4.05. The van der Waals surface area contributed by atoms with Crippen LogP contribution in [-0.4, -0.2) is 28.9 Å². The Hall–Kier alpha value is -2.50. The molecular weight excluding hydrogens is 326 g/mol. The van der Waals surface area contributed by atoms with Crippen LogP contribution >= 0.6 is 0 Å². The third kappa shape index (κ3) is 3.54. The summed E-state index contributed by atoms with van der Waals surface area (Å²) < 4.78 is 1.92. The zero-order valence-electron chi connectivity index (χ0n) is 15.4. The van der Waals surface area contributed by atoms with E-state index in [1.807, 2.05) is 17.9 Å². The van der Waals surface area contributed by atoms with Crippen LogP contribution in [0.15, 0.2) is 30.5 Å². The maximum absolute atomic E-state index is 12.3. The highest BCUT2D eigenvalue weighted by molar-refractivity contribution is 5.74. The first kappa shape index (κ1) is 16.9. The van der Waals surface area contributed by atoms with E-state index in [-0.39, 0.29) is 12.1 Å². The number of rotatable bonds is 4. The van der Waals surface area contributed by atoms with Crippen LogP contribution in [0.1, 0.15) is 48.5 Å². The van der Waals surface area contributed by atoms with E-state index < -0.39 is 0 Å². The molecule has 26 heavy (non-hydrogen) atoms. The highest BCUT2D eigenvalue weighted by atomic mass is 16.2. The molecule has 4 rings (SSSR count). The van der Waals surface area contributed by atoms with Gasteiger partial charge in [-0.1, -0.05) is 12.1 Å². The summed E-state index contributed by atoms with van der Waals surface area (Å²) in [4.78, 5) is 14.7. The molecule has 1 saturated heterocycles. The van der Waals surface area contributed by atoms with Crippen LogP contribution in [0.2, 0.25) is 0 Å². The number of amides is 2. The van der Waals surface area contributed by atoms with Gasteiger partial charge in [-0.3, -0.25) is 4.68 Å². The molecule has 6 nitrogen and oxygen atoms in total. The lowest BCUT2D eigenvalue weighted by molar-refractivity contribution is 0.235. The Balaban J connectivity index is 1.30. The van der Waals surface area contributed by atoms with Crippen molar-refractivity contribution in [2.24, 2.45) is 7.05 Å². The summed E-state index contributed by atoms with van der Waals surface area (Å²) in [6.45, 7) is 2.84. The fraction of sp³-hybridized carbons (Fsp3) is 0.500. The van der Waals surface area contributed by atoms with Gasteiger partial charge in [-0.15, -0.1) is 0 Å². The Labute approximate surface area is 154 Å². The Morgan fingerprint density at radius 2 is 1.96 bits per heavy atom. The zero-order valence-corrected chi connectivity index (χ0v) is 15.4. The summed E-state index contributed by atoms with van der Waals surface area (Å²) in [5.74, 6) is 0. The Bertz CT molecular complexity index is 761. The summed E-state index contributed by atoms with van der Waals surface area (Å²) in [7, 11) is 1.97. The maximum atomic E-state index is 12.3. The minimum absolute atomic E-state index is 0.0602. The summed E-state index contributed by atoms with van der Waals surface area (Å²) in [5.41, 5.74) is 4.79. The minimum Gasteiger partial charge on any atom is -0.372 e. The quantitative estimate of drug-likeness (QED) is 0.888. The lowest BCUT2D eigenvalue weighted by Crippen LogP contribution is -2.38. The minimum atomic E-state index is -0.115. The van der Waals surface area contributed by atoms with Gasteiger partial charge in [0.2, 0.25) is 0 Å². The molecular formula is C20H27N5O. The van der Waals surface area contributed by atoms with Gasteiger partial charge in [-0.05, 0) is 49.8 Å². The first-order valence-electron chi connectivity index (χ1n) is 9.60. The average Bonchev–Trinajstić information content (AvgIpc) is 3.32. The molecule has 1 atom stereocenters. The molecule has 2 aromatic rings. The largest absolute Gasteiger partial charge is 0.372 e. The second-order valence-corrected chi connectivity index (χ2v) is 7.30. The molecule has 138 valence electrons. The fourth-order valence-corrected chi connectivity index (χ4v) is 4.05. The van der Waals surface area contributed by atoms with Gasteiger partial charge in [-0.25, -0.2) is 4.79 Å². The van der Waals surface area contributed by atoms with Gasteiger partial charge < -0.3 is 15.5 Å². The monoisotopic (exact) mass is 353 g/mol. The van der Waals surface area contributed by atoms with Crippen molar-refractivity contribution in [3.63, 3.8) is 0 Å². The van der Waals surface area contributed by atoms with Gasteiger partial charge in [-0.2, -0.15) is 5.10 Å². The van der Waals surface area contributed by atoms with Crippen LogP contribution in [0, 0.1) is 0 Å². The number of carbonyl (C=O) groups excluding carboxylic acids is 1. The van der Waals surface area contributed by atoms with E-state index in [0.717, 1.165) is 43.5 Å². The van der Waals surface area contributed by atoms with Crippen molar-refractivity contribution in [1.82, 2.24) is 20.4 Å². The van der Waals surface area contributed by atoms with Gasteiger partial charge in [0.25, 0.3) is 0 Å².